The summed E-state index contributed by atoms with van der Waals surface area (Å²) in [7, 11) is 0. The third-order valence-electron chi connectivity index (χ3n) is 1.29. The van der Waals surface area contributed by atoms with Crippen LogP contribution in [0.25, 0.3) is 0 Å². The third-order valence-corrected chi connectivity index (χ3v) is 1.29. The largest absolute Gasteiger partial charge is 0.390 e. The highest BCUT2D eigenvalue weighted by molar-refractivity contribution is 5.80. The van der Waals surface area contributed by atoms with Crippen molar-refractivity contribution in [3.05, 3.63) is 0 Å². The van der Waals surface area contributed by atoms with Crippen LogP contribution >= 0.6 is 0 Å². The molecule has 3 nitrogen and oxygen atoms in total. The first-order chi connectivity index (χ1) is 5.87. The summed E-state index contributed by atoms with van der Waals surface area (Å²) in [5.74, 6) is -1.58. The van der Waals surface area contributed by atoms with E-state index in [0.29, 0.717) is 0 Å². The van der Waals surface area contributed by atoms with Gasteiger partial charge >= 0.3 is 6.18 Å². The van der Waals surface area contributed by atoms with Crippen molar-refractivity contribution < 1.29 is 18.0 Å². The molecule has 0 aliphatic heterocycles. The number of amides is 1. The Morgan fingerprint density at radius 2 is 2.15 bits per heavy atom. The lowest BCUT2D eigenvalue weighted by Crippen LogP contribution is -2.31. The molecule has 0 heterocycles. The minimum absolute atomic E-state index is 0.478. The van der Waals surface area contributed by atoms with Crippen LogP contribution in [0.3, 0.4) is 0 Å². The van der Waals surface area contributed by atoms with Gasteiger partial charge in [0.25, 0.3) is 0 Å². The number of hydrogen-bond acceptors (Lipinski definition) is 2. The predicted molar refractivity (Wildman–Crippen MR) is 38.5 cm³/mol. The van der Waals surface area contributed by atoms with Crippen LogP contribution in [-0.4, -0.2) is 18.6 Å². The Morgan fingerprint density at radius 3 is 2.54 bits per heavy atom. The number of hydrogen-bond donors (Lipinski definition) is 1. The zero-order valence-electron chi connectivity index (χ0n) is 6.98. The molecule has 1 amide bonds. The Bertz CT molecular complexity index is 219. The van der Waals surface area contributed by atoms with Gasteiger partial charge in [0.15, 0.2) is 0 Å². The summed E-state index contributed by atoms with van der Waals surface area (Å²) in [5.41, 5.74) is 0. The zero-order chi connectivity index (χ0) is 10.5. The van der Waals surface area contributed by atoms with Crippen molar-refractivity contribution in [3.8, 4) is 6.07 Å². The van der Waals surface area contributed by atoms with Gasteiger partial charge in [-0.25, -0.2) is 0 Å². The van der Waals surface area contributed by atoms with Gasteiger partial charge in [-0.15, -0.1) is 0 Å². The van der Waals surface area contributed by atoms with Crippen LogP contribution in [0.4, 0.5) is 13.2 Å². The summed E-state index contributed by atoms with van der Waals surface area (Å²) in [6.45, 7) is 0.845. The van der Waals surface area contributed by atoms with Gasteiger partial charge in [0.1, 0.15) is 5.92 Å². The summed E-state index contributed by atoms with van der Waals surface area (Å²) >= 11 is 0. The van der Waals surface area contributed by atoms with Crippen molar-refractivity contribution in [2.45, 2.75) is 19.5 Å². The summed E-state index contributed by atoms with van der Waals surface area (Å²) < 4.78 is 34.7. The van der Waals surface area contributed by atoms with Crippen LogP contribution in [0.2, 0.25) is 0 Å². The van der Waals surface area contributed by atoms with Gasteiger partial charge in [0, 0.05) is 6.54 Å². The molecule has 6 heteroatoms. The molecule has 0 aliphatic rings. The second kappa shape index (κ2) is 4.70. The lowest BCUT2D eigenvalue weighted by atomic mass is 10.2. The Labute approximate surface area is 73.5 Å². The number of nitriles is 1. The van der Waals surface area contributed by atoms with Crippen LogP contribution in [0, 0.1) is 17.2 Å². The van der Waals surface area contributed by atoms with Crippen LogP contribution in [0.5, 0.6) is 0 Å². The molecule has 0 bridgehead atoms. The molecule has 0 spiro atoms. The molecule has 1 atom stereocenters. The van der Waals surface area contributed by atoms with E-state index < -0.39 is 31.0 Å². The maximum atomic E-state index is 11.6. The molecule has 0 aromatic heterocycles. The SMILES string of the molecule is CC(C#N)C(=O)NCCC(F)(F)F. The number of carbonyl (C=O) groups excluding carboxylic acids is 1. The Hall–Kier alpha value is -1.25. The molecule has 0 radical (unpaired) electrons. The highest BCUT2D eigenvalue weighted by atomic mass is 19.4. The van der Waals surface area contributed by atoms with E-state index in [-0.39, 0.29) is 0 Å². The third kappa shape index (κ3) is 5.96. The molecule has 0 aliphatic carbocycles. The average molecular weight is 194 g/mol. The van der Waals surface area contributed by atoms with Crippen LogP contribution < -0.4 is 5.32 Å². The maximum Gasteiger partial charge on any atom is 0.390 e. The normalized spacial score (nSPS) is 13.2. The van der Waals surface area contributed by atoms with Crippen LogP contribution in [0.15, 0.2) is 0 Å². The first kappa shape index (κ1) is 11.8. The molecule has 1 unspecified atom stereocenters. The molecule has 0 rings (SSSR count). The van der Waals surface area contributed by atoms with E-state index in [0.717, 1.165) is 0 Å². The summed E-state index contributed by atoms with van der Waals surface area (Å²) in [6, 6.07) is 1.62. The maximum absolute atomic E-state index is 11.6. The van der Waals surface area contributed by atoms with Gasteiger partial charge < -0.3 is 5.32 Å². The number of rotatable bonds is 3. The smallest absolute Gasteiger partial charge is 0.355 e. The molecule has 0 aromatic rings. The van der Waals surface area contributed by atoms with Crippen molar-refractivity contribution in [2.75, 3.05) is 6.54 Å². The van der Waals surface area contributed by atoms with Crippen molar-refractivity contribution >= 4 is 5.91 Å². The standard InChI is InChI=1S/C7H9F3N2O/c1-5(4-11)6(13)12-3-2-7(8,9)10/h5H,2-3H2,1H3,(H,12,13). The number of alkyl halides is 3. The minimum atomic E-state index is -4.27. The zero-order valence-corrected chi connectivity index (χ0v) is 6.98. The van der Waals surface area contributed by atoms with E-state index in [9.17, 15) is 18.0 Å². The van der Waals surface area contributed by atoms with E-state index in [1.165, 1.54) is 6.92 Å². The second-order valence-corrected chi connectivity index (χ2v) is 2.51. The van der Waals surface area contributed by atoms with Crippen molar-refractivity contribution in [3.63, 3.8) is 0 Å². The molecule has 1 N–H and O–H groups in total. The molecule has 74 valence electrons. The van der Waals surface area contributed by atoms with E-state index in [1.807, 2.05) is 5.32 Å². The highest BCUT2D eigenvalue weighted by Gasteiger charge is 2.26. The van der Waals surface area contributed by atoms with Crippen molar-refractivity contribution in [1.29, 1.82) is 5.26 Å². The van der Waals surface area contributed by atoms with E-state index in [2.05, 4.69) is 0 Å². The predicted octanol–water partition coefficient (Wildman–Crippen LogP) is 1.21. The summed E-state index contributed by atoms with van der Waals surface area (Å²) in [6.07, 6.45) is -5.35. The number of nitrogens with zero attached hydrogens (tertiary/aromatic N) is 1. The minimum Gasteiger partial charge on any atom is -0.355 e. The topological polar surface area (TPSA) is 52.9 Å². The molecular formula is C7H9F3N2O. The van der Waals surface area contributed by atoms with Crippen LogP contribution in [-0.2, 0) is 4.79 Å². The summed E-state index contributed by atoms with van der Waals surface area (Å²) in [4.78, 5) is 10.8. The van der Waals surface area contributed by atoms with E-state index >= 15 is 0 Å². The second-order valence-electron chi connectivity index (χ2n) is 2.51. The first-order valence-electron chi connectivity index (χ1n) is 3.61. The van der Waals surface area contributed by atoms with Crippen LogP contribution in [0.1, 0.15) is 13.3 Å². The van der Waals surface area contributed by atoms with Crippen molar-refractivity contribution in [1.82, 2.24) is 5.32 Å². The molecule has 13 heavy (non-hydrogen) atoms. The molecule has 0 fully saturated rings. The number of nitrogens with one attached hydrogen (secondary N) is 1. The van der Waals surface area contributed by atoms with Gasteiger partial charge in [0.2, 0.25) is 5.91 Å². The van der Waals surface area contributed by atoms with Gasteiger partial charge in [-0.2, -0.15) is 18.4 Å². The average Bonchev–Trinajstić information content (AvgIpc) is 2.00. The van der Waals surface area contributed by atoms with Gasteiger partial charge in [-0.05, 0) is 6.92 Å². The van der Waals surface area contributed by atoms with Gasteiger partial charge in [-0.3, -0.25) is 4.79 Å². The monoisotopic (exact) mass is 194 g/mol. The fraction of sp³-hybridized carbons (Fsp3) is 0.714. The van der Waals surface area contributed by atoms with E-state index in [1.54, 1.807) is 6.07 Å². The first-order valence-corrected chi connectivity index (χ1v) is 3.61. The van der Waals surface area contributed by atoms with E-state index in [4.69, 9.17) is 5.26 Å². The Kier molecular flexibility index (Phi) is 4.25. The fourth-order valence-corrected chi connectivity index (χ4v) is 0.539. The summed E-state index contributed by atoms with van der Waals surface area (Å²) in [5, 5.41) is 10.2. The van der Waals surface area contributed by atoms with Crippen molar-refractivity contribution in [2.24, 2.45) is 5.92 Å². The van der Waals surface area contributed by atoms with Gasteiger partial charge in [0.05, 0.1) is 12.5 Å². The molecule has 0 aromatic carbocycles. The molecule has 0 saturated heterocycles. The lowest BCUT2D eigenvalue weighted by Gasteiger charge is -2.08. The highest BCUT2D eigenvalue weighted by Crippen LogP contribution is 2.18. The molecular weight excluding hydrogens is 185 g/mol. The number of carbonyl (C=O) groups is 1. The quantitative estimate of drug-likeness (QED) is 0.734. The fourth-order valence-electron chi connectivity index (χ4n) is 0.539. The lowest BCUT2D eigenvalue weighted by molar-refractivity contribution is -0.136. The molecule has 0 saturated carbocycles. The van der Waals surface area contributed by atoms with Gasteiger partial charge in [-0.1, -0.05) is 0 Å². The Balaban J connectivity index is 3.68. The number of halogens is 3. The Morgan fingerprint density at radius 1 is 1.62 bits per heavy atom.